The molecule has 1 heterocycles. The third-order valence-electron chi connectivity index (χ3n) is 2.80. The molecule has 0 aromatic carbocycles. The maximum atomic E-state index is 4.69. The SMILES string of the molecule is CCCNC(=NCC(c1cccs1)N(C)C)NCC.I. The highest BCUT2D eigenvalue weighted by atomic mass is 127. The second-order valence-electron chi connectivity index (χ2n) is 4.64. The van der Waals surface area contributed by atoms with Crippen molar-refractivity contribution in [2.24, 2.45) is 4.99 Å². The summed E-state index contributed by atoms with van der Waals surface area (Å²) in [5, 5.41) is 8.74. The molecule has 4 nitrogen and oxygen atoms in total. The molecule has 1 unspecified atom stereocenters. The molecule has 0 aliphatic heterocycles. The second-order valence-corrected chi connectivity index (χ2v) is 5.62. The highest BCUT2D eigenvalue weighted by molar-refractivity contribution is 14.0. The summed E-state index contributed by atoms with van der Waals surface area (Å²) < 4.78 is 0. The smallest absolute Gasteiger partial charge is 0.191 e. The number of nitrogens with zero attached hydrogens (tertiary/aromatic N) is 2. The van der Waals surface area contributed by atoms with E-state index in [1.807, 2.05) is 0 Å². The van der Waals surface area contributed by atoms with Crippen LogP contribution in [0.5, 0.6) is 0 Å². The Balaban J connectivity index is 0.00000361. The quantitative estimate of drug-likeness (QED) is 0.413. The Hall–Kier alpha value is -0.340. The summed E-state index contributed by atoms with van der Waals surface area (Å²) >= 11 is 1.79. The Morgan fingerprint density at radius 3 is 2.60 bits per heavy atom. The summed E-state index contributed by atoms with van der Waals surface area (Å²) in [5.41, 5.74) is 0. The average Bonchev–Trinajstić information content (AvgIpc) is 2.89. The maximum absolute atomic E-state index is 4.69. The first kappa shape index (κ1) is 19.7. The van der Waals surface area contributed by atoms with Gasteiger partial charge in [-0.25, -0.2) is 0 Å². The van der Waals surface area contributed by atoms with Gasteiger partial charge in [-0.1, -0.05) is 13.0 Å². The molecule has 0 saturated heterocycles. The molecule has 1 aromatic heterocycles. The van der Waals surface area contributed by atoms with Crippen molar-refractivity contribution in [2.45, 2.75) is 26.3 Å². The molecule has 0 fully saturated rings. The predicted octanol–water partition coefficient (Wildman–Crippen LogP) is 2.93. The maximum Gasteiger partial charge on any atom is 0.191 e. The molecule has 116 valence electrons. The van der Waals surface area contributed by atoms with E-state index in [9.17, 15) is 0 Å². The first-order valence-electron chi connectivity index (χ1n) is 6.91. The van der Waals surface area contributed by atoms with Crippen LogP contribution < -0.4 is 10.6 Å². The fourth-order valence-corrected chi connectivity index (χ4v) is 2.67. The van der Waals surface area contributed by atoms with Gasteiger partial charge in [-0.15, -0.1) is 35.3 Å². The van der Waals surface area contributed by atoms with Crippen LogP contribution in [0.3, 0.4) is 0 Å². The standard InChI is InChI=1S/C14H26N4S.HI/c1-5-9-16-14(15-6-2)17-11-12(18(3)4)13-8-7-10-19-13;/h7-8,10,12H,5-6,9,11H2,1-4H3,(H2,15,16,17);1H. The lowest BCUT2D eigenvalue weighted by molar-refractivity contribution is 0.310. The molecule has 0 amide bonds. The zero-order valence-electron chi connectivity index (χ0n) is 12.8. The van der Waals surface area contributed by atoms with Crippen LogP contribution in [-0.2, 0) is 0 Å². The number of thiophene rings is 1. The van der Waals surface area contributed by atoms with E-state index >= 15 is 0 Å². The van der Waals surface area contributed by atoms with Gasteiger partial charge in [0.25, 0.3) is 0 Å². The third kappa shape index (κ3) is 6.90. The van der Waals surface area contributed by atoms with E-state index in [0.717, 1.165) is 32.0 Å². The first-order chi connectivity index (χ1) is 9.19. The van der Waals surface area contributed by atoms with Gasteiger partial charge in [-0.2, -0.15) is 0 Å². The summed E-state index contributed by atoms with van der Waals surface area (Å²) in [7, 11) is 4.21. The molecular weight excluding hydrogens is 383 g/mol. The first-order valence-corrected chi connectivity index (χ1v) is 7.79. The van der Waals surface area contributed by atoms with Gasteiger partial charge in [-0.05, 0) is 38.9 Å². The Labute approximate surface area is 144 Å². The van der Waals surface area contributed by atoms with Crippen molar-refractivity contribution in [3.05, 3.63) is 22.4 Å². The van der Waals surface area contributed by atoms with Crippen molar-refractivity contribution in [3.8, 4) is 0 Å². The molecule has 0 saturated carbocycles. The van der Waals surface area contributed by atoms with Crippen molar-refractivity contribution >= 4 is 41.3 Å². The van der Waals surface area contributed by atoms with Crippen molar-refractivity contribution < 1.29 is 0 Å². The van der Waals surface area contributed by atoms with Crippen LogP contribution in [0.25, 0.3) is 0 Å². The van der Waals surface area contributed by atoms with Gasteiger partial charge in [0.1, 0.15) is 0 Å². The summed E-state index contributed by atoms with van der Waals surface area (Å²) in [6.07, 6.45) is 1.10. The van der Waals surface area contributed by atoms with E-state index in [1.54, 1.807) is 11.3 Å². The monoisotopic (exact) mass is 410 g/mol. The Bertz CT molecular complexity index is 365. The van der Waals surface area contributed by atoms with Gasteiger partial charge in [0.05, 0.1) is 12.6 Å². The van der Waals surface area contributed by atoms with Crippen molar-refractivity contribution in [1.29, 1.82) is 0 Å². The van der Waals surface area contributed by atoms with Gasteiger partial charge in [0.15, 0.2) is 5.96 Å². The lowest BCUT2D eigenvalue weighted by Gasteiger charge is -2.22. The molecule has 1 aromatic rings. The lowest BCUT2D eigenvalue weighted by Crippen LogP contribution is -2.38. The van der Waals surface area contributed by atoms with Crippen LogP contribution in [0.2, 0.25) is 0 Å². The minimum absolute atomic E-state index is 0. The van der Waals surface area contributed by atoms with E-state index in [2.05, 4.69) is 66.0 Å². The molecule has 0 spiro atoms. The molecule has 1 rings (SSSR count). The van der Waals surface area contributed by atoms with Crippen LogP contribution in [-0.4, -0.2) is 44.6 Å². The minimum atomic E-state index is 0. The zero-order chi connectivity index (χ0) is 14.1. The summed E-state index contributed by atoms with van der Waals surface area (Å²) in [6, 6.07) is 4.62. The molecule has 6 heteroatoms. The number of halogens is 1. The van der Waals surface area contributed by atoms with Gasteiger partial charge >= 0.3 is 0 Å². The van der Waals surface area contributed by atoms with E-state index in [1.165, 1.54) is 4.88 Å². The van der Waals surface area contributed by atoms with Crippen LogP contribution in [0.1, 0.15) is 31.2 Å². The average molecular weight is 410 g/mol. The third-order valence-corrected chi connectivity index (χ3v) is 3.78. The number of likely N-dealkylation sites (N-methyl/N-ethyl adjacent to an activating group) is 1. The number of guanidine groups is 1. The highest BCUT2D eigenvalue weighted by Gasteiger charge is 2.14. The van der Waals surface area contributed by atoms with Gasteiger partial charge in [0.2, 0.25) is 0 Å². The van der Waals surface area contributed by atoms with E-state index < -0.39 is 0 Å². The lowest BCUT2D eigenvalue weighted by atomic mass is 10.2. The number of aliphatic imine (C=N–C) groups is 1. The van der Waals surface area contributed by atoms with Gasteiger partial charge in [-0.3, -0.25) is 4.99 Å². The number of rotatable bonds is 7. The van der Waals surface area contributed by atoms with Crippen LogP contribution in [0.15, 0.2) is 22.5 Å². The predicted molar refractivity (Wildman–Crippen MR) is 100 cm³/mol. The summed E-state index contributed by atoms with van der Waals surface area (Å²) in [4.78, 5) is 8.27. The molecule has 0 aliphatic rings. The molecule has 2 N–H and O–H groups in total. The van der Waals surface area contributed by atoms with Crippen molar-refractivity contribution in [3.63, 3.8) is 0 Å². The van der Waals surface area contributed by atoms with Gasteiger partial charge < -0.3 is 15.5 Å². The van der Waals surface area contributed by atoms with E-state index in [4.69, 9.17) is 0 Å². The van der Waals surface area contributed by atoms with Crippen molar-refractivity contribution in [2.75, 3.05) is 33.7 Å². The fourth-order valence-electron chi connectivity index (χ4n) is 1.75. The Kier molecular flexibility index (Phi) is 11.1. The molecule has 1 atom stereocenters. The topological polar surface area (TPSA) is 39.7 Å². The summed E-state index contributed by atoms with van der Waals surface area (Å²) in [6.45, 7) is 6.86. The largest absolute Gasteiger partial charge is 0.357 e. The van der Waals surface area contributed by atoms with Gasteiger partial charge in [0, 0.05) is 18.0 Å². The van der Waals surface area contributed by atoms with Crippen LogP contribution in [0, 0.1) is 0 Å². The van der Waals surface area contributed by atoms with Crippen LogP contribution >= 0.6 is 35.3 Å². The zero-order valence-corrected chi connectivity index (χ0v) is 16.0. The number of hydrogen-bond donors (Lipinski definition) is 2. The summed E-state index contributed by atoms with van der Waals surface area (Å²) in [5.74, 6) is 0.910. The molecule has 0 radical (unpaired) electrons. The molecular formula is C14H27IN4S. The van der Waals surface area contributed by atoms with E-state index in [-0.39, 0.29) is 24.0 Å². The molecule has 0 bridgehead atoms. The van der Waals surface area contributed by atoms with E-state index in [0.29, 0.717) is 6.04 Å². The van der Waals surface area contributed by atoms with Crippen molar-refractivity contribution in [1.82, 2.24) is 15.5 Å². The fraction of sp³-hybridized carbons (Fsp3) is 0.643. The van der Waals surface area contributed by atoms with Crippen LogP contribution in [0.4, 0.5) is 0 Å². The Morgan fingerprint density at radius 1 is 1.35 bits per heavy atom. The normalized spacial score (nSPS) is 12.9. The molecule has 20 heavy (non-hydrogen) atoms. The molecule has 0 aliphatic carbocycles. The number of hydrogen-bond acceptors (Lipinski definition) is 3. The highest BCUT2D eigenvalue weighted by Crippen LogP contribution is 2.23. The number of nitrogens with one attached hydrogen (secondary N) is 2. The Morgan fingerprint density at radius 2 is 2.10 bits per heavy atom. The minimum Gasteiger partial charge on any atom is -0.357 e. The second kappa shape index (κ2) is 11.3.